The molecule has 18 heavy (non-hydrogen) atoms. The lowest BCUT2D eigenvalue weighted by atomic mass is 9.90. The van der Waals surface area contributed by atoms with E-state index in [0.29, 0.717) is 0 Å². The molecule has 0 aliphatic carbocycles. The predicted octanol–water partition coefficient (Wildman–Crippen LogP) is 4.20. The van der Waals surface area contributed by atoms with Crippen molar-refractivity contribution in [2.24, 2.45) is 5.41 Å². The second kappa shape index (κ2) is 6.65. The second-order valence-corrected chi connectivity index (χ2v) is 5.73. The lowest BCUT2D eigenvalue weighted by Crippen LogP contribution is -2.11. The fourth-order valence-corrected chi connectivity index (χ4v) is 1.96. The van der Waals surface area contributed by atoms with E-state index >= 15 is 0 Å². The molecule has 0 spiro atoms. The number of hydrogen-bond acceptors (Lipinski definition) is 3. The number of ether oxygens (including phenoxy) is 1. The first-order chi connectivity index (χ1) is 8.48. The van der Waals surface area contributed by atoms with E-state index in [-0.39, 0.29) is 5.41 Å². The average molecular weight is 311 g/mol. The van der Waals surface area contributed by atoms with Crippen molar-refractivity contribution in [1.29, 1.82) is 5.26 Å². The van der Waals surface area contributed by atoms with Crippen LogP contribution in [0, 0.1) is 16.7 Å². The molecule has 0 radical (unpaired) electrons. The van der Waals surface area contributed by atoms with Gasteiger partial charge in [0.15, 0.2) is 0 Å². The highest BCUT2D eigenvalue weighted by Crippen LogP contribution is 2.27. The van der Waals surface area contributed by atoms with E-state index in [4.69, 9.17) is 10.00 Å². The van der Waals surface area contributed by atoms with Crippen molar-refractivity contribution >= 4 is 21.6 Å². The summed E-state index contributed by atoms with van der Waals surface area (Å²) in [6, 6.07) is 8.14. The minimum atomic E-state index is -0.243. The van der Waals surface area contributed by atoms with Crippen LogP contribution in [0.3, 0.4) is 0 Å². The van der Waals surface area contributed by atoms with Gasteiger partial charge in [-0.3, -0.25) is 0 Å². The third kappa shape index (κ3) is 4.58. The normalized spacial score (nSPS) is 10.8. The number of benzene rings is 1. The van der Waals surface area contributed by atoms with Gasteiger partial charge in [-0.25, -0.2) is 0 Å². The Hall–Kier alpha value is -1.21. The highest BCUT2D eigenvalue weighted by molar-refractivity contribution is 9.10. The van der Waals surface area contributed by atoms with Gasteiger partial charge in [-0.1, -0.05) is 0 Å². The van der Waals surface area contributed by atoms with Gasteiger partial charge in [0.2, 0.25) is 0 Å². The molecule has 98 valence electrons. The highest BCUT2D eigenvalue weighted by Gasteiger charge is 2.15. The maximum absolute atomic E-state index is 8.93. The largest absolute Gasteiger partial charge is 0.497 e. The molecule has 0 aromatic heterocycles. The van der Waals surface area contributed by atoms with E-state index in [1.807, 2.05) is 32.0 Å². The predicted molar refractivity (Wildman–Crippen MR) is 77.8 cm³/mol. The molecular weight excluding hydrogens is 292 g/mol. The topological polar surface area (TPSA) is 45.0 Å². The highest BCUT2D eigenvalue weighted by atomic mass is 79.9. The molecule has 0 saturated heterocycles. The molecule has 1 N–H and O–H groups in total. The van der Waals surface area contributed by atoms with Crippen molar-refractivity contribution < 1.29 is 4.74 Å². The molecule has 0 amide bonds. The van der Waals surface area contributed by atoms with Gasteiger partial charge in [0, 0.05) is 17.1 Å². The molecule has 0 bridgehead atoms. The van der Waals surface area contributed by atoms with Crippen molar-refractivity contribution in [3.63, 3.8) is 0 Å². The quantitative estimate of drug-likeness (QED) is 0.801. The van der Waals surface area contributed by atoms with Gasteiger partial charge in [-0.2, -0.15) is 5.26 Å². The van der Waals surface area contributed by atoms with E-state index in [0.717, 1.165) is 35.3 Å². The van der Waals surface area contributed by atoms with Crippen LogP contribution in [-0.4, -0.2) is 13.7 Å². The Kier molecular flexibility index (Phi) is 5.49. The number of nitrogens with zero attached hydrogens (tertiary/aromatic N) is 1. The van der Waals surface area contributed by atoms with E-state index in [1.54, 1.807) is 7.11 Å². The van der Waals surface area contributed by atoms with Crippen molar-refractivity contribution in [3.8, 4) is 11.8 Å². The number of nitrogens with one attached hydrogen (secondary N) is 1. The van der Waals surface area contributed by atoms with Crippen LogP contribution in [0.4, 0.5) is 5.69 Å². The molecule has 0 aliphatic heterocycles. The Morgan fingerprint density at radius 3 is 2.78 bits per heavy atom. The SMILES string of the molecule is COc1ccc(Br)c(NCCCC(C)(C)C#N)c1. The summed E-state index contributed by atoms with van der Waals surface area (Å²) in [5, 5.41) is 12.3. The third-order valence-electron chi connectivity index (χ3n) is 2.77. The summed E-state index contributed by atoms with van der Waals surface area (Å²) in [6.45, 7) is 4.78. The molecule has 0 aliphatic rings. The number of halogens is 1. The van der Waals surface area contributed by atoms with E-state index in [1.165, 1.54) is 0 Å². The van der Waals surface area contributed by atoms with Crippen LogP contribution in [0.5, 0.6) is 5.75 Å². The lowest BCUT2D eigenvalue weighted by Gasteiger charge is -2.15. The molecule has 0 fully saturated rings. The zero-order valence-corrected chi connectivity index (χ0v) is 12.7. The van der Waals surface area contributed by atoms with Crippen LogP contribution in [0.15, 0.2) is 22.7 Å². The Labute approximate surface area is 117 Å². The minimum absolute atomic E-state index is 0.243. The second-order valence-electron chi connectivity index (χ2n) is 4.87. The van der Waals surface area contributed by atoms with Crippen LogP contribution >= 0.6 is 15.9 Å². The van der Waals surface area contributed by atoms with Crippen LogP contribution in [0.25, 0.3) is 0 Å². The molecule has 1 aromatic carbocycles. The van der Waals surface area contributed by atoms with Crippen LogP contribution in [0.1, 0.15) is 26.7 Å². The first kappa shape index (κ1) is 14.8. The molecule has 0 atom stereocenters. The number of anilines is 1. The number of rotatable bonds is 6. The van der Waals surface area contributed by atoms with Gasteiger partial charge < -0.3 is 10.1 Å². The first-order valence-electron chi connectivity index (χ1n) is 5.97. The monoisotopic (exact) mass is 310 g/mol. The molecule has 0 saturated carbocycles. The third-order valence-corrected chi connectivity index (χ3v) is 3.46. The van der Waals surface area contributed by atoms with Crippen LogP contribution in [-0.2, 0) is 0 Å². The zero-order chi connectivity index (χ0) is 13.6. The summed E-state index contributed by atoms with van der Waals surface area (Å²) in [4.78, 5) is 0. The molecular formula is C14H19BrN2O. The number of hydrogen-bond donors (Lipinski definition) is 1. The van der Waals surface area contributed by atoms with Gasteiger partial charge in [0.1, 0.15) is 5.75 Å². The Balaban J connectivity index is 2.47. The molecule has 0 heterocycles. The van der Waals surface area contributed by atoms with E-state index < -0.39 is 0 Å². The van der Waals surface area contributed by atoms with Crippen molar-refractivity contribution in [3.05, 3.63) is 22.7 Å². The maximum Gasteiger partial charge on any atom is 0.121 e. The summed E-state index contributed by atoms with van der Waals surface area (Å²) in [6.07, 6.45) is 1.85. The fraction of sp³-hybridized carbons (Fsp3) is 0.500. The number of methoxy groups -OCH3 is 1. The van der Waals surface area contributed by atoms with Gasteiger partial charge in [0.05, 0.1) is 24.3 Å². The van der Waals surface area contributed by atoms with Crippen molar-refractivity contribution in [1.82, 2.24) is 0 Å². The molecule has 4 heteroatoms. The molecule has 1 rings (SSSR count). The Bertz CT molecular complexity index is 438. The van der Waals surface area contributed by atoms with Gasteiger partial charge in [-0.15, -0.1) is 0 Å². The standard InChI is InChI=1S/C14H19BrN2O/c1-14(2,10-16)7-4-8-17-13-9-11(18-3)5-6-12(13)15/h5-6,9,17H,4,7-8H2,1-3H3. The van der Waals surface area contributed by atoms with Crippen LogP contribution < -0.4 is 10.1 Å². The van der Waals surface area contributed by atoms with Crippen molar-refractivity contribution in [2.45, 2.75) is 26.7 Å². The summed E-state index contributed by atoms with van der Waals surface area (Å²) in [5.41, 5.74) is 0.775. The van der Waals surface area contributed by atoms with E-state index in [9.17, 15) is 0 Å². The summed E-state index contributed by atoms with van der Waals surface area (Å²) in [7, 11) is 1.66. The van der Waals surface area contributed by atoms with Gasteiger partial charge in [0.25, 0.3) is 0 Å². The number of nitriles is 1. The summed E-state index contributed by atoms with van der Waals surface area (Å²) < 4.78 is 6.20. The molecule has 0 unspecified atom stereocenters. The van der Waals surface area contributed by atoms with Crippen LogP contribution in [0.2, 0.25) is 0 Å². The molecule has 3 nitrogen and oxygen atoms in total. The first-order valence-corrected chi connectivity index (χ1v) is 6.76. The lowest BCUT2D eigenvalue weighted by molar-refractivity contribution is 0.415. The van der Waals surface area contributed by atoms with Crippen molar-refractivity contribution in [2.75, 3.05) is 19.0 Å². The van der Waals surface area contributed by atoms with E-state index in [2.05, 4.69) is 27.3 Å². The zero-order valence-electron chi connectivity index (χ0n) is 11.1. The summed E-state index contributed by atoms with van der Waals surface area (Å²) in [5.74, 6) is 0.832. The smallest absolute Gasteiger partial charge is 0.121 e. The Morgan fingerprint density at radius 2 is 2.17 bits per heavy atom. The molecule has 1 aromatic rings. The maximum atomic E-state index is 8.93. The average Bonchev–Trinajstić information content (AvgIpc) is 2.36. The van der Waals surface area contributed by atoms with Gasteiger partial charge in [-0.05, 0) is 54.8 Å². The minimum Gasteiger partial charge on any atom is -0.497 e. The van der Waals surface area contributed by atoms with Gasteiger partial charge >= 0.3 is 0 Å². The Morgan fingerprint density at radius 1 is 1.44 bits per heavy atom. The fourth-order valence-electron chi connectivity index (χ4n) is 1.58. The summed E-state index contributed by atoms with van der Waals surface area (Å²) >= 11 is 3.49.